The van der Waals surface area contributed by atoms with E-state index in [0.29, 0.717) is 10.8 Å². The average molecular weight is 186 g/mol. The molecule has 1 saturated heterocycles. The first-order chi connectivity index (χ1) is 5.52. The first-order valence-corrected chi connectivity index (χ1v) is 6.25. The Balaban J connectivity index is 2.73. The van der Waals surface area contributed by atoms with Crippen LogP contribution < -0.4 is 0 Å². The maximum atomic E-state index is 2.41. The number of hydrogen-bond acceptors (Lipinski definition) is 1. The van der Waals surface area contributed by atoms with Crippen molar-refractivity contribution < 1.29 is 0 Å². The summed E-state index contributed by atoms with van der Waals surface area (Å²) in [7, 11) is 0. The monoisotopic (exact) mass is 186 g/mol. The number of hydrogen-bond donors (Lipinski definition) is 0. The molecule has 0 aromatic heterocycles. The zero-order valence-corrected chi connectivity index (χ0v) is 9.76. The summed E-state index contributed by atoms with van der Waals surface area (Å²) in [6, 6.07) is 0. The Morgan fingerprint density at radius 1 is 1.33 bits per heavy atom. The van der Waals surface area contributed by atoms with E-state index in [1.165, 1.54) is 30.8 Å². The van der Waals surface area contributed by atoms with Gasteiger partial charge in [0.1, 0.15) is 0 Å². The van der Waals surface area contributed by atoms with Gasteiger partial charge in [0.15, 0.2) is 0 Å². The van der Waals surface area contributed by atoms with Crippen LogP contribution in [0.2, 0.25) is 0 Å². The molecule has 0 aromatic carbocycles. The Kier molecular flexibility index (Phi) is 3.14. The zero-order valence-electron chi connectivity index (χ0n) is 8.94. The van der Waals surface area contributed by atoms with Crippen molar-refractivity contribution in [2.45, 2.75) is 47.0 Å². The molecular weight excluding hydrogens is 164 g/mol. The van der Waals surface area contributed by atoms with Crippen molar-refractivity contribution in [2.75, 3.05) is 11.5 Å². The fraction of sp³-hybridized carbons (Fsp3) is 1.00. The van der Waals surface area contributed by atoms with E-state index in [0.717, 1.165) is 0 Å². The molecule has 12 heavy (non-hydrogen) atoms. The summed E-state index contributed by atoms with van der Waals surface area (Å²) in [4.78, 5) is 0. The van der Waals surface area contributed by atoms with E-state index in [4.69, 9.17) is 0 Å². The molecule has 0 spiro atoms. The van der Waals surface area contributed by atoms with E-state index in [1.807, 2.05) is 0 Å². The lowest BCUT2D eigenvalue weighted by molar-refractivity contribution is 0.0928. The lowest BCUT2D eigenvalue weighted by Gasteiger charge is -2.47. The Morgan fingerprint density at radius 2 is 2.00 bits per heavy atom. The first kappa shape index (κ1) is 10.4. The average Bonchev–Trinajstić information content (AvgIpc) is 2.04. The van der Waals surface area contributed by atoms with E-state index >= 15 is 0 Å². The van der Waals surface area contributed by atoms with E-state index in [9.17, 15) is 0 Å². The van der Waals surface area contributed by atoms with Crippen LogP contribution in [0.15, 0.2) is 0 Å². The summed E-state index contributed by atoms with van der Waals surface area (Å²) in [5.41, 5.74) is 1.12. The van der Waals surface area contributed by atoms with E-state index in [-0.39, 0.29) is 0 Å². The van der Waals surface area contributed by atoms with Gasteiger partial charge < -0.3 is 0 Å². The van der Waals surface area contributed by atoms with Crippen molar-refractivity contribution in [3.63, 3.8) is 0 Å². The van der Waals surface area contributed by atoms with Gasteiger partial charge in [-0.3, -0.25) is 0 Å². The van der Waals surface area contributed by atoms with Crippen molar-refractivity contribution >= 4 is 11.8 Å². The SMILES string of the molecule is CC[C@]1(C(C)(C)C)CCCSC1. The fourth-order valence-electron chi connectivity index (χ4n) is 2.25. The van der Waals surface area contributed by atoms with Crippen LogP contribution >= 0.6 is 11.8 Å². The summed E-state index contributed by atoms with van der Waals surface area (Å²) in [6.45, 7) is 9.57. The first-order valence-electron chi connectivity index (χ1n) is 5.10. The molecule has 1 rings (SSSR count). The molecule has 1 heterocycles. The molecule has 0 nitrogen and oxygen atoms in total. The molecule has 1 atom stereocenters. The fourth-order valence-corrected chi connectivity index (χ4v) is 3.92. The Labute approximate surface area is 81.5 Å². The highest BCUT2D eigenvalue weighted by atomic mass is 32.2. The van der Waals surface area contributed by atoms with Crippen LogP contribution in [-0.2, 0) is 0 Å². The highest BCUT2D eigenvalue weighted by molar-refractivity contribution is 7.99. The van der Waals surface area contributed by atoms with Crippen LogP contribution in [0, 0.1) is 10.8 Å². The quantitative estimate of drug-likeness (QED) is 0.597. The van der Waals surface area contributed by atoms with Gasteiger partial charge in [-0.15, -0.1) is 0 Å². The highest BCUT2D eigenvalue weighted by Crippen LogP contribution is 2.49. The summed E-state index contributed by atoms with van der Waals surface area (Å²) in [5, 5.41) is 0. The van der Waals surface area contributed by atoms with Gasteiger partial charge in [-0.05, 0) is 41.6 Å². The standard InChI is InChI=1S/C11H22S/c1-5-11(10(2,3)4)7-6-8-12-9-11/h5-9H2,1-4H3/t11-/m0/s1. The lowest BCUT2D eigenvalue weighted by atomic mass is 9.64. The molecule has 0 saturated carbocycles. The Morgan fingerprint density at radius 3 is 2.25 bits per heavy atom. The van der Waals surface area contributed by atoms with Gasteiger partial charge in [-0.25, -0.2) is 0 Å². The van der Waals surface area contributed by atoms with E-state index < -0.39 is 0 Å². The Hall–Kier alpha value is 0.350. The minimum atomic E-state index is 0.495. The molecule has 0 aromatic rings. The summed E-state index contributed by atoms with van der Waals surface area (Å²) < 4.78 is 0. The normalized spacial score (nSPS) is 32.0. The molecule has 0 unspecified atom stereocenters. The van der Waals surface area contributed by atoms with Gasteiger partial charge in [-0.2, -0.15) is 11.8 Å². The van der Waals surface area contributed by atoms with Gasteiger partial charge in [0, 0.05) is 0 Å². The number of rotatable bonds is 1. The maximum Gasteiger partial charge on any atom is -0.000589 e. The van der Waals surface area contributed by atoms with Gasteiger partial charge in [-0.1, -0.05) is 27.7 Å². The van der Waals surface area contributed by atoms with Crippen LogP contribution in [-0.4, -0.2) is 11.5 Å². The van der Waals surface area contributed by atoms with Crippen LogP contribution in [0.1, 0.15) is 47.0 Å². The van der Waals surface area contributed by atoms with Crippen LogP contribution in [0.25, 0.3) is 0 Å². The van der Waals surface area contributed by atoms with Crippen LogP contribution in [0.4, 0.5) is 0 Å². The second kappa shape index (κ2) is 3.61. The molecule has 0 radical (unpaired) electrons. The van der Waals surface area contributed by atoms with Crippen LogP contribution in [0.3, 0.4) is 0 Å². The molecule has 0 amide bonds. The second-order valence-corrected chi connectivity index (χ2v) is 6.15. The van der Waals surface area contributed by atoms with E-state index in [1.54, 1.807) is 0 Å². The second-order valence-electron chi connectivity index (χ2n) is 5.04. The largest absolute Gasteiger partial charge is 0.161 e. The van der Waals surface area contributed by atoms with Crippen molar-refractivity contribution in [3.8, 4) is 0 Å². The summed E-state index contributed by atoms with van der Waals surface area (Å²) in [6.07, 6.45) is 4.22. The third-order valence-electron chi connectivity index (χ3n) is 3.59. The van der Waals surface area contributed by atoms with Gasteiger partial charge in [0.25, 0.3) is 0 Å². The summed E-state index contributed by atoms with van der Waals surface area (Å²) >= 11 is 2.15. The van der Waals surface area contributed by atoms with Crippen molar-refractivity contribution in [3.05, 3.63) is 0 Å². The maximum absolute atomic E-state index is 2.41. The highest BCUT2D eigenvalue weighted by Gasteiger charge is 2.40. The number of thioether (sulfide) groups is 1. The minimum Gasteiger partial charge on any atom is -0.161 e. The van der Waals surface area contributed by atoms with Gasteiger partial charge >= 0.3 is 0 Å². The summed E-state index contributed by atoms with van der Waals surface area (Å²) in [5.74, 6) is 2.77. The third-order valence-corrected chi connectivity index (χ3v) is 4.92. The van der Waals surface area contributed by atoms with Crippen molar-refractivity contribution in [2.24, 2.45) is 10.8 Å². The van der Waals surface area contributed by atoms with Gasteiger partial charge in [0.2, 0.25) is 0 Å². The topological polar surface area (TPSA) is 0 Å². The minimum absolute atomic E-state index is 0.495. The third kappa shape index (κ3) is 1.81. The molecule has 72 valence electrons. The molecule has 1 fully saturated rings. The zero-order chi connectivity index (χ0) is 9.24. The Bertz CT molecular complexity index is 138. The molecule has 0 N–H and O–H groups in total. The van der Waals surface area contributed by atoms with E-state index in [2.05, 4.69) is 39.5 Å². The molecule has 1 aliphatic rings. The molecule has 1 heteroatoms. The molecule has 1 aliphatic heterocycles. The molecular formula is C11H22S. The predicted octanol–water partition coefficient (Wildman–Crippen LogP) is 3.96. The molecule has 0 bridgehead atoms. The van der Waals surface area contributed by atoms with Gasteiger partial charge in [0.05, 0.1) is 0 Å². The lowest BCUT2D eigenvalue weighted by Crippen LogP contribution is -2.39. The van der Waals surface area contributed by atoms with Crippen molar-refractivity contribution in [1.29, 1.82) is 0 Å². The molecule has 0 aliphatic carbocycles. The predicted molar refractivity (Wildman–Crippen MR) is 58.7 cm³/mol. The van der Waals surface area contributed by atoms with Crippen LogP contribution in [0.5, 0.6) is 0 Å². The smallest absolute Gasteiger partial charge is 0.000589 e. The van der Waals surface area contributed by atoms with Crippen molar-refractivity contribution in [1.82, 2.24) is 0 Å².